The summed E-state index contributed by atoms with van der Waals surface area (Å²) in [5.41, 5.74) is 0.100. The van der Waals surface area contributed by atoms with Gasteiger partial charge in [-0.15, -0.1) is 0 Å². The Kier molecular flexibility index (Phi) is 3.76. The molecule has 1 N–H and O–H groups in total. The number of hydrogen-bond donors (Lipinski definition) is 1. The number of aliphatic carboxylic acids is 1. The Balaban J connectivity index is 1.98. The number of nitrogens with zero attached hydrogens (tertiary/aromatic N) is 1. The number of aryl methyl sites for hydroxylation is 1. The van der Waals surface area contributed by atoms with E-state index >= 15 is 0 Å². The molecule has 0 radical (unpaired) electrons. The minimum atomic E-state index is -1.06. The second-order valence-corrected chi connectivity index (χ2v) is 5.28. The molecule has 0 aliphatic carbocycles. The lowest BCUT2D eigenvalue weighted by Crippen LogP contribution is -2.63. The van der Waals surface area contributed by atoms with Crippen molar-refractivity contribution in [2.75, 3.05) is 19.7 Å². The van der Waals surface area contributed by atoms with Crippen molar-refractivity contribution in [2.45, 2.75) is 19.4 Å². The predicted octanol–water partition coefficient (Wildman–Crippen LogP) is 1.45. The molecule has 0 spiro atoms. The van der Waals surface area contributed by atoms with Crippen LogP contribution in [0.5, 0.6) is 0 Å². The summed E-state index contributed by atoms with van der Waals surface area (Å²) in [5.74, 6) is -2.01. The number of ether oxygens (including phenoxy) is 1. The van der Waals surface area contributed by atoms with Crippen LogP contribution in [0.3, 0.4) is 0 Å². The second-order valence-electron chi connectivity index (χ2n) is 5.28. The molecule has 0 unspecified atom stereocenters. The van der Waals surface area contributed by atoms with Gasteiger partial charge in [0.15, 0.2) is 0 Å². The number of amides is 1. The summed E-state index contributed by atoms with van der Waals surface area (Å²) in [6, 6.07) is 4.45. The van der Waals surface area contributed by atoms with Crippen LogP contribution >= 0.6 is 0 Å². The van der Waals surface area contributed by atoms with E-state index in [0.717, 1.165) is 5.56 Å². The van der Waals surface area contributed by atoms with Crippen LogP contribution in [0.25, 0.3) is 0 Å². The van der Waals surface area contributed by atoms with E-state index in [9.17, 15) is 14.0 Å². The number of rotatable bonds is 4. The van der Waals surface area contributed by atoms with Crippen molar-refractivity contribution >= 4 is 11.9 Å². The van der Waals surface area contributed by atoms with Crippen LogP contribution in [-0.2, 0) is 9.53 Å². The number of carboxylic acid groups (broad SMARTS) is 1. The minimum Gasteiger partial charge on any atom is -0.480 e. The molecular formula is C14H16FNO4. The van der Waals surface area contributed by atoms with Gasteiger partial charge in [0.05, 0.1) is 18.7 Å². The number of likely N-dealkylation sites (tertiary alicyclic amines) is 1. The molecule has 1 aliphatic heterocycles. The Morgan fingerprint density at radius 1 is 1.45 bits per heavy atom. The van der Waals surface area contributed by atoms with E-state index in [1.165, 1.54) is 17.0 Å². The molecule has 1 heterocycles. The average Bonchev–Trinajstić information content (AvgIpc) is 2.32. The maximum Gasteiger partial charge on any atom is 0.329 e. The van der Waals surface area contributed by atoms with Crippen molar-refractivity contribution in [3.63, 3.8) is 0 Å². The molecule has 1 aromatic rings. The molecule has 0 saturated carbocycles. The summed E-state index contributed by atoms with van der Waals surface area (Å²) in [6.45, 7) is 3.58. The lowest BCUT2D eigenvalue weighted by Gasteiger charge is -2.47. The van der Waals surface area contributed by atoms with Gasteiger partial charge < -0.3 is 14.7 Å². The van der Waals surface area contributed by atoms with E-state index in [-0.39, 0.29) is 18.7 Å². The Labute approximate surface area is 116 Å². The van der Waals surface area contributed by atoms with Gasteiger partial charge in [0, 0.05) is 0 Å². The van der Waals surface area contributed by atoms with Crippen molar-refractivity contribution in [1.82, 2.24) is 4.90 Å². The monoisotopic (exact) mass is 281 g/mol. The van der Waals surface area contributed by atoms with Gasteiger partial charge >= 0.3 is 5.97 Å². The number of hydrogen-bond acceptors (Lipinski definition) is 3. The van der Waals surface area contributed by atoms with Crippen LogP contribution in [-0.4, -0.2) is 47.2 Å². The first-order chi connectivity index (χ1) is 9.31. The van der Waals surface area contributed by atoms with Gasteiger partial charge in [0.2, 0.25) is 0 Å². The molecule has 1 amide bonds. The standard InChI is InChI=1S/C14H16FNO4/c1-9-3-4-10(11(15)5-9)13(19)16-7-14(2,8-16)20-6-12(17)18/h3-5H,6-8H2,1-2H3,(H,17,18). The molecular weight excluding hydrogens is 265 g/mol. The first-order valence-electron chi connectivity index (χ1n) is 6.22. The summed E-state index contributed by atoms with van der Waals surface area (Å²) < 4.78 is 18.9. The third-order valence-electron chi connectivity index (χ3n) is 3.24. The normalized spacial score (nSPS) is 16.6. The molecule has 1 saturated heterocycles. The summed E-state index contributed by atoms with van der Waals surface area (Å²) >= 11 is 0. The Bertz CT molecular complexity index is 552. The van der Waals surface area contributed by atoms with E-state index < -0.39 is 29.9 Å². The molecule has 1 aliphatic rings. The van der Waals surface area contributed by atoms with Crippen molar-refractivity contribution in [3.8, 4) is 0 Å². The van der Waals surface area contributed by atoms with Crippen LogP contribution in [0.1, 0.15) is 22.8 Å². The summed E-state index contributed by atoms with van der Waals surface area (Å²) in [6.07, 6.45) is 0. The largest absolute Gasteiger partial charge is 0.480 e. The van der Waals surface area contributed by atoms with E-state index in [1.54, 1.807) is 19.9 Å². The zero-order valence-corrected chi connectivity index (χ0v) is 11.4. The van der Waals surface area contributed by atoms with Crippen molar-refractivity contribution in [3.05, 3.63) is 35.1 Å². The maximum absolute atomic E-state index is 13.7. The topological polar surface area (TPSA) is 66.8 Å². The van der Waals surface area contributed by atoms with Gasteiger partial charge in [-0.25, -0.2) is 9.18 Å². The zero-order chi connectivity index (χ0) is 14.9. The molecule has 108 valence electrons. The zero-order valence-electron chi connectivity index (χ0n) is 11.4. The molecule has 1 aromatic carbocycles. The van der Waals surface area contributed by atoms with Gasteiger partial charge in [-0.2, -0.15) is 0 Å². The molecule has 5 nitrogen and oxygen atoms in total. The highest BCUT2D eigenvalue weighted by Crippen LogP contribution is 2.27. The number of carbonyl (C=O) groups is 2. The SMILES string of the molecule is Cc1ccc(C(=O)N2CC(C)(OCC(=O)O)C2)c(F)c1. The highest BCUT2D eigenvalue weighted by molar-refractivity contribution is 5.95. The Hall–Kier alpha value is -1.95. The molecule has 20 heavy (non-hydrogen) atoms. The smallest absolute Gasteiger partial charge is 0.329 e. The lowest BCUT2D eigenvalue weighted by molar-refractivity contribution is -0.159. The van der Waals surface area contributed by atoms with E-state index in [2.05, 4.69) is 0 Å². The minimum absolute atomic E-state index is 0.0240. The van der Waals surface area contributed by atoms with E-state index in [4.69, 9.17) is 9.84 Å². The van der Waals surface area contributed by atoms with Crippen molar-refractivity contribution < 1.29 is 23.8 Å². The third kappa shape index (κ3) is 2.96. The van der Waals surface area contributed by atoms with Crippen LogP contribution in [0.15, 0.2) is 18.2 Å². The highest BCUT2D eigenvalue weighted by Gasteiger charge is 2.43. The third-order valence-corrected chi connectivity index (χ3v) is 3.24. The fourth-order valence-corrected chi connectivity index (χ4v) is 2.20. The highest BCUT2D eigenvalue weighted by atomic mass is 19.1. The fraction of sp³-hybridized carbons (Fsp3) is 0.429. The number of carboxylic acids is 1. The molecule has 0 atom stereocenters. The first-order valence-corrected chi connectivity index (χ1v) is 6.22. The lowest BCUT2D eigenvalue weighted by atomic mass is 9.95. The second kappa shape index (κ2) is 5.20. The van der Waals surface area contributed by atoms with Gasteiger partial charge in [0.1, 0.15) is 18.0 Å². The van der Waals surface area contributed by atoms with E-state index in [0.29, 0.717) is 0 Å². The van der Waals surface area contributed by atoms with Gasteiger partial charge in [0.25, 0.3) is 5.91 Å². The summed E-state index contributed by atoms with van der Waals surface area (Å²) in [5, 5.41) is 8.56. The molecule has 6 heteroatoms. The number of benzene rings is 1. The van der Waals surface area contributed by atoms with Gasteiger partial charge in [-0.1, -0.05) is 6.07 Å². The average molecular weight is 281 g/mol. The fourth-order valence-electron chi connectivity index (χ4n) is 2.20. The number of halogens is 1. The molecule has 0 aromatic heterocycles. The van der Waals surface area contributed by atoms with Crippen LogP contribution in [0.2, 0.25) is 0 Å². The van der Waals surface area contributed by atoms with Crippen molar-refractivity contribution in [1.29, 1.82) is 0 Å². The quantitative estimate of drug-likeness (QED) is 0.907. The van der Waals surface area contributed by atoms with Crippen LogP contribution in [0.4, 0.5) is 4.39 Å². The first kappa shape index (κ1) is 14.5. The Morgan fingerprint density at radius 2 is 2.10 bits per heavy atom. The molecule has 1 fully saturated rings. The Morgan fingerprint density at radius 3 is 2.65 bits per heavy atom. The number of carbonyl (C=O) groups excluding carboxylic acids is 1. The van der Waals surface area contributed by atoms with Crippen LogP contribution in [0, 0.1) is 12.7 Å². The summed E-state index contributed by atoms with van der Waals surface area (Å²) in [7, 11) is 0. The van der Waals surface area contributed by atoms with Crippen molar-refractivity contribution in [2.24, 2.45) is 0 Å². The van der Waals surface area contributed by atoms with Crippen LogP contribution < -0.4 is 0 Å². The molecule has 0 bridgehead atoms. The predicted molar refractivity (Wildman–Crippen MR) is 69.0 cm³/mol. The summed E-state index contributed by atoms with van der Waals surface area (Å²) in [4.78, 5) is 24.0. The maximum atomic E-state index is 13.7. The van der Waals surface area contributed by atoms with Gasteiger partial charge in [-0.05, 0) is 31.5 Å². The van der Waals surface area contributed by atoms with E-state index in [1.807, 2.05) is 0 Å². The van der Waals surface area contributed by atoms with Gasteiger partial charge in [-0.3, -0.25) is 4.79 Å². The molecule has 2 rings (SSSR count).